The number of fused-ring (bicyclic) bond motifs is 1. The third-order valence-corrected chi connectivity index (χ3v) is 5.01. The van der Waals surface area contributed by atoms with E-state index < -0.39 is 0 Å². The number of benzene rings is 1. The van der Waals surface area contributed by atoms with Gasteiger partial charge >= 0.3 is 0 Å². The Balaban J connectivity index is 0.00000147. The van der Waals surface area contributed by atoms with Crippen LogP contribution in [0.25, 0.3) is 0 Å². The van der Waals surface area contributed by atoms with E-state index in [0.29, 0.717) is 6.04 Å². The first-order chi connectivity index (χ1) is 9.33. The maximum atomic E-state index is 12.3. The molecule has 1 aromatic carbocycles. The zero-order valence-electron chi connectivity index (χ0n) is 11.4. The molecular formula is C15H21ClN2OS. The van der Waals surface area contributed by atoms with E-state index in [9.17, 15) is 4.79 Å². The quantitative estimate of drug-likeness (QED) is 0.879. The fraction of sp³-hybridized carbons (Fsp3) is 0.533. The lowest BCUT2D eigenvalue weighted by Crippen LogP contribution is -2.51. The summed E-state index contributed by atoms with van der Waals surface area (Å²) in [7, 11) is 0. The number of hydrogen-bond acceptors (Lipinski definition) is 3. The Morgan fingerprint density at radius 3 is 2.65 bits per heavy atom. The van der Waals surface area contributed by atoms with Gasteiger partial charge in [0, 0.05) is 12.6 Å². The third kappa shape index (κ3) is 3.68. The molecule has 1 amide bonds. The topological polar surface area (TPSA) is 41.1 Å². The Morgan fingerprint density at radius 1 is 1.20 bits per heavy atom. The summed E-state index contributed by atoms with van der Waals surface area (Å²) in [5.74, 6) is 2.52. The molecule has 1 atom stereocenters. The molecule has 3 rings (SSSR count). The molecule has 1 aromatic rings. The first-order valence-corrected chi connectivity index (χ1v) is 8.16. The number of thioether (sulfide) groups is 1. The Bertz CT molecular complexity index is 463. The van der Waals surface area contributed by atoms with E-state index in [1.54, 1.807) is 0 Å². The van der Waals surface area contributed by atoms with Gasteiger partial charge in [-0.1, -0.05) is 24.3 Å². The zero-order chi connectivity index (χ0) is 13.1. The predicted molar refractivity (Wildman–Crippen MR) is 86.5 cm³/mol. The molecule has 1 unspecified atom stereocenters. The number of carbonyl (C=O) groups is 1. The average Bonchev–Trinajstić information content (AvgIpc) is 2.48. The molecule has 5 heteroatoms. The minimum atomic E-state index is -0.0653. The fourth-order valence-electron chi connectivity index (χ4n) is 2.78. The lowest BCUT2D eigenvalue weighted by atomic mass is 9.95. The van der Waals surface area contributed by atoms with Crippen molar-refractivity contribution in [3.8, 4) is 0 Å². The summed E-state index contributed by atoms with van der Waals surface area (Å²) in [5.41, 5.74) is 2.63. The molecule has 2 N–H and O–H groups in total. The summed E-state index contributed by atoms with van der Waals surface area (Å²) in [6, 6.07) is 8.69. The van der Waals surface area contributed by atoms with Crippen LogP contribution in [0.2, 0.25) is 0 Å². The molecule has 110 valence electrons. The Morgan fingerprint density at radius 2 is 1.90 bits per heavy atom. The predicted octanol–water partition coefficient (Wildman–Crippen LogP) is 2.13. The highest BCUT2D eigenvalue weighted by Crippen LogP contribution is 2.19. The molecule has 0 aromatic heterocycles. The molecule has 0 aliphatic carbocycles. The van der Waals surface area contributed by atoms with Crippen molar-refractivity contribution in [2.75, 3.05) is 11.5 Å². The summed E-state index contributed by atoms with van der Waals surface area (Å²) in [6.07, 6.45) is 3.03. The highest BCUT2D eigenvalue weighted by molar-refractivity contribution is 7.99. The molecular weight excluding hydrogens is 292 g/mol. The number of halogens is 1. The van der Waals surface area contributed by atoms with Gasteiger partial charge in [0.1, 0.15) is 0 Å². The highest BCUT2D eigenvalue weighted by atomic mass is 35.5. The van der Waals surface area contributed by atoms with Crippen molar-refractivity contribution in [2.45, 2.75) is 37.9 Å². The van der Waals surface area contributed by atoms with Crippen molar-refractivity contribution >= 4 is 30.1 Å². The average molecular weight is 313 g/mol. The van der Waals surface area contributed by atoms with Gasteiger partial charge in [0.2, 0.25) is 5.91 Å². The summed E-state index contributed by atoms with van der Waals surface area (Å²) < 4.78 is 0. The van der Waals surface area contributed by atoms with Crippen molar-refractivity contribution in [1.82, 2.24) is 10.6 Å². The summed E-state index contributed by atoms with van der Waals surface area (Å²) >= 11 is 1.99. The molecule has 2 aliphatic heterocycles. The minimum absolute atomic E-state index is 0. The van der Waals surface area contributed by atoms with E-state index in [1.165, 1.54) is 22.6 Å². The Labute approximate surface area is 130 Å². The molecule has 0 radical (unpaired) electrons. The smallest absolute Gasteiger partial charge is 0.237 e. The molecule has 3 nitrogen and oxygen atoms in total. The van der Waals surface area contributed by atoms with Crippen molar-refractivity contribution in [2.24, 2.45) is 0 Å². The largest absolute Gasteiger partial charge is 0.352 e. The number of nitrogens with one attached hydrogen (secondary N) is 2. The molecule has 0 spiro atoms. The standard InChI is InChI=1S/C15H20N2OS.ClH/c18-15(17-13-5-7-19-8-6-13)14-9-11-3-1-2-4-12(11)10-16-14;/h1-4,13-14,16H,5-10H2,(H,17,18);1H. The van der Waals surface area contributed by atoms with Crippen molar-refractivity contribution in [3.63, 3.8) is 0 Å². The number of rotatable bonds is 2. The van der Waals surface area contributed by atoms with Crippen LogP contribution in [0.4, 0.5) is 0 Å². The van der Waals surface area contributed by atoms with Crippen LogP contribution in [-0.4, -0.2) is 29.5 Å². The zero-order valence-corrected chi connectivity index (χ0v) is 13.1. The van der Waals surface area contributed by atoms with Crippen molar-refractivity contribution in [3.05, 3.63) is 35.4 Å². The second-order valence-corrected chi connectivity index (χ2v) is 6.53. The van der Waals surface area contributed by atoms with Gasteiger partial charge in [-0.2, -0.15) is 11.8 Å². The number of hydrogen-bond donors (Lipinski definition) is 2. The molecule has 2 aliphatic rings. The second-order valence-electron chi connectivity index (χ2n) is 5.30. The van der Waals surface area contributed by atoms with Crippen LogP contribution in [0.3, 0.4) is 0 Å². The van der Waals surface area contributed by atoms with Gasteiger partial charge in [0.25, 0.3) is 0 Å². The second kappa shape index (κ2) is 7.34. The molecule has 1 fully saturated rings. The van der Waals surface area contributed by atoms with Gasteiger partial charge in [-0.3, -0.25) is 4.79 Å². The number of amides is 1. The van der Waals surface area contributed by atoms with E-state index in [0.717, 1.165) is 25.8 Å². The normalized spacial score (nSPS) is 22.5. The van der Waals surface area contributed by atoms with Crippen molar-refractivity contribution in [1.29, 1.82) is 0 Å². The van der Waals surface area contributed by atoms with Gasteiger partial charge in [-0.05, 0) is 41.9 Å². The molecule has 0 bridgehead atoms. The summed E-state index contributed by atoms with van der Waals surface area (Å²) in [6.45, 7) is 0.800. The van der Waals surface area contributed by atoms with Gasteiger partial charge in [-0.15, -0.1) is 12.4 Å². The molecule has 0 saturated carbocycles. The number of carbonyl (C=O) groups excluding carboxylic acids is 1. The van der Waals surface area contributed by atoms with E-state index in [4.69, 9.17) is 0 Å². The van der Waals surface area contributed by atoms with Crippen LogP contribution in [0.1, 0.15) is 24.0 Å². The lowest BCUT2D eigenvalue weighted by molar-refractivity contribution is -0.124. The van der Waals surface area contributed by atoms with Gasteiger partial charge < -0.3 is 10.6 Å². The van der Waals surface area contributed by atoms with Gasteiger partial charge in [-0.25, -0.2) is 0 Å². The third-order valence-electron chi connectivity index (χ3n) is 3.97. The van der Waals surface area contributed by atoms with Crippen LogP contribution in [0.5, 0.6) is 0 Å². The van der Waals surface area contributed by atoms with E-state index >= 15 is 0 Å². The first-order valence-electron chi connectivity index (χ1n) is 7.01. The van der Waals surface area contributed by atoms with Crippen molar-refractivity contribution < 1.29 is 4.79 Å². The Hall–Kier alpha value is -0.710. The molecule has 2 heterocycles. The van der Waals surface area contributed by atoms with Crippen LogP contribution >= 0.6 is 24.2 Å². The maximum Gasteiger partial charge on any atom is 0.237 e. The minimum Gasteiger partial charge on any atom is -0.352 e. The highest BCUT2D eigenvalue weighted by Gasteiger charge is 2.26. The molecule has 20 heavy (non-hydrogen) atoms. The molecule has 1 saturated heterocycles. The van der Waals surface area contributed by atoms with E-state index in [-0.39, 0.29) is 24.4 Å². The van der Waals surface area contributed by atoms with Crippen LogP contribution in [-0.2, 0) is 17.8 Å². The van der Waals surface area contributed by atoms with Gasteiger partial charge in [0.15, 0.2) is 0 Å². The monoisotopic (exact) mass is 312 g/mol. The SMILES string of the molecule is Cl.O=C(NC1CCSCC1)C1Cc2ccccc2CN1. The van der Waals surface area contributed by atoms with Gasteiger partial charge in [0.05, 0.1) is 6.04 Å². The van der Waals surface area contributed by atoms with E-state index in [1.807, 2.05) is 11.8 Å². The van der Waals surface area contributed by atoms with Crippen LogP contribution in [0.15, 0.2) is 24.3 Å². The van der Waals surface area contributed by atoms with Crippen LogP contribution < -0.4 is 10.6 Å². The lowest BCUT2D eigenvalue weighted by Gasteiger charge is -2.28. The van der Waals surface area contributed by atoms with E-state index in [2.05, 4.69) is 34.9 Å². The van der Waals surface area contributed by atoms with Crippen LogP contribution in [0, 0.1) is 0 Å². The fourth-order valence-corrected chi connectivity index (χ4v) is 3.89. The summed E-state index contributed by atoms with van der Waals surface area (Å²) in [4.78, 5) is 12.3. The summed E-state index contributed by atoms with van der Waals surface area (Å²) in [5, 5.41) is 6.55. The Kier molecular flexibility index (Phi) is 5.75. The first kappa shape index (κ1) is 15.7. The maximum absolute atomic E-state index is 12.3.